The smallest absolute Gasteiger partial charge is 0.247 e. The lowest BCUT2D eigenvalue weighted by molar-refractivity contribution is -0.130. The minimum absolute atomic E-state index is 0.0161. The summed E-state index contributed by atoms with van der Waals surface area (Å²) in [6.07, 6.45) is 0.705. The van der Waals surface area contributed by atoms with Crippen molar-refractivity contribution < 1.29 is 9.59 Å². The summed E-state index contributed by atoms with van der Waals surface area (Å²) in [7, 11) is 1.64. The van der Waals surface area contributed by atoms with Crippen LogP contribution < -0.4 is 5.32 Å². The molecule has 0 radical (unpaired) electrons. The van der Waals surface area contributed by atoms with Gasteiger partial charge in [-0.05, 0) is 40.0 Å². The number of rotatable bonds is 5. The van der Waals surface area contributed by atoms with Gasteiger partial charge in [0.1, 0.15) is 6.04 Å². The molecule has 0 saturated heterocycles. The van der Waals surface area contributed by atoms with Crippen LogP contribution in [-0.4, -0.2) is 30.3 Å². The summed E-state index contributed by atoms with van der Waals surface area (Å²) in [4.78, 5) is 25.3. The first-order chi connectivity index (χ1) is 11.3. The molecule has 0 saturated carbocycles. The van der Waals surface area contributed by atoms with Crippen molar-refractivity contribution in [2.75, 3.05) is 12.4 Å². The lowest BCUT2D eigenvalue weighted by atomic mass is 9.80. The third kappa shape index (κ3) is 5.58. The number of hydrogen-bond acceptors (Lipinski definition) is 2. The summed E-state index contributed by atoms with van der Waals surface area (Å²) in [6.45, 7) is 16.9. The molecule has 1 atom stereocenters. The van der Waals surface area contributed by atoms with Crippen molar-refractivity contribution in [1.29, 1.82) is 0 Å². The normalized spacial score (nSPS) is 13.5. The highest BCUT2D eigenvalue weighted by molar-refractivity contribution is 5.96. The number of hydrogen-bond donors (Lipinski definition) is 1. The maximum absolute atomic E-state index is 12.8. The predicted molar refractivity (Wildman–Crippen MR) is 105 cm³/mol. The molecule has 1 aromatic carbocycles. The molecule has 4 heteroatoms. The van der Waals surface area contributed by atoms with E-state index in [1.807, 2.05) is 26.0 Å². The first-order valence-corrected chi connectivity index (χ1v) is 8.91. The lowest BCUT2D eigenvalue weighted by Gasteiger charge is -2.29. The second kappa shape index (κ2) is 7.59. The van der Waals surface area contributed by atoms with Crippen LogP contribution in [0.15, 0.2) is 18.2 Å². The van der Waals surface area contributed by atoms with Crippen LogP contribution in [-0.2, 0) is 20.4 Å². The third-order valence-electron chi connectivity index (χ3n) is 4.44. The summed E-state index contributed by atoms with van der Waals surface area (Å²) in [5.74, 6) is -0.126. The van der Waals surface area contributed by atoms with Crippen molar-refractivity contribution in [3.63, 3.8) is 0 Å². The molecule has 140 valence electrons. The van der Waals surface area contributed by atoms with Crippen molar-refractivity contribution in [2.24, 2.45) is 5.92 Å². The van der Waals surface area contributed by atoms with E-state index in [0.717, 1.165) is 5.69 Å². The molecular formula is C21H34N2O2. The standard InChI is InChI=1S/C21H34N2O2/c1-14(2)18(23(9)13-24)19(25)22-17-11-15(20(3,4)5)10-16(12-17)21(6,7)8/h10-14,18H,1-9H3,(H,22,25)/t18-/m0/s1. The second-order valence-electron chi connectivity index (χ2n) is 9.25. The molecule has 0 unspecified atom stereocenters. The first-order valence-electron chi connectivity index (χ1n) is 8.91. The minimum Gasteiger partial charge on any atom is -0.336 e. The van der Waals surface area contributed by atoms with Crippen LogP contribution in [0.5, 0.6) is 0 Å². The number of benzene rings is 1. The van der Waals surface area contributed by atoms with Crippen LogP contribution >= 0.6 is 0 Å². The van der Waals surface area contributed by atoms with Crippen LogP contribution in [0.25, 0.3) is 0 Å². The van der Waals surface area contributed by atoms with Gasteiger partial charge in [-0.3, -0.25) is 9.59 Å². The highest BCUT2D eigenvalue weighted by Gasteiger charge is 2.27. The summed E-state index contributed by atoms with van der Waals surface area (Å²) >= 11 is 0. The van der Waals surface area contributed by atoms with Crippen molar-refractivity contribution in [2.45, 2.75) is 72.3 Å². The van der Waals surface area contributed by atoms with Crippen LogP contribution in [0.2, 0.25) is 0 Å². The molecule has 1 N–H and O–H groups in total. The Morgan fingerprint density at radius 3 is 1.76 bits per heavy atom. The number of likely N-dealkylation sites (N-methyl/N-ethyl adjacent to an activating group) is 1. The zero-order valence-electron chi connectivity index (χ0n) is 17.2. The summed E-state index contributed by atoms with van der Waals surface area (Å²) in [5, 5.41) is 3.02. The number of nitrogens with zero attached hydrogens (tertiary/aromatic N) is 1. The first kappa shape index (κ1) is 21.2. The van der Waals surface area contributed by atoms with Crippen molar-refractivity contribution in [1.82, 2.24) is 4.90 Å². The Bertz CT molecular complexity index is 590. The average molecular weight is 347 g/mol. The second-order valence-corrected chi connectivity index (χ2v) is 9.25. The largest absolute Gasteiger partial charge is 0.336 e. The maximum atomic E-state index is 12.8. The van der Waals surface area contributed by atoms with E-state index in [1.54, 1.807) is 7.05 Å². The maximum Gasteiger partial charge on any atom is 0.247 e. The van der Waals surface area contributed by atoms with Crippen molar-refractivity contribution in [3.8, 4) is 0 Å². The fourth-order valence-corrected chi connectivity index (χ4v) is 2.81. The Hall–Kier alpha value is -1.84. The van der Waals surface area contributed by atoms with E-state index in [-0.39, 0.29) is 22.7 Å². The molecule has 0 aliphatic rings. The van der Waals surface area contributed by atoms with Gasteiger partial charge in [0.05, 0.1) is 0 Å². The van der Waals surface area contributed by atoms with Gasteiger partial charge in [0, 0.05) is 12.7 Å². The van der Waals surface area contributed by atoms with E-state index < -0.39 is 6.04 Å². The average Bonchev–Trinajstić information content (AvgIpc) is 2.44. The van der Waals surface area contributed by atoms with Crippen LogP contribution in [0.4, 0.5) is 5.69 Å². The van der Waals surface area contributed by atoms with Crippen LogP contribution in [0, 0.1) is 5.92 Å². The number of nitrogens with one attached hydrogen (secondary N) is 1. The van der Waals surface area contributed by atoms with E-state index in [4.69, 9.17) is 0 Å². The number of amides is 2. The monoisotopic (exact) mass is 346 g/mol. The van der Waals surface area contributed by atoms with Gasteiger partial charge >= 0.3 is 0 Å². The Balaban J connectivity index is 3.28. The Kier molecular flexibility index (Phi) is 6.44. The van der Waals surface area contributed by atoms with Gasteiger partial charge < -0.3 is 10.2 Å². The molecule has 0 fully saturated rings. The van der Waals surface area contributed by atoms with Gasteiger partial charge in [-0.1, -0.05) is 61.5 Å². The number of carbonyl (C=O) groups excluding carboxylic acids is 2. The van der Waals surface area contributed by atoms with Gasteiger partial charge in [0.25, 0.3) is 0 Å². The SMILES string of the molecule is CC(C)[C@@H](C(=O)Nc1cc(C(C)(C)C)cc(C(C)(C)C)c1)N(C)C=O. The van der Waals surface area contributed by atoms with Crippen LogP contribution in [0.3, 0.4) is 0 Å². The zero-order chi connectivity index (χ0) is 19.6. The summed E-state index contributed by atoms with van der Waals surface area (Å²) < 4.78 is 0. The van der Waals surface area contributed by atoms with E-state index in [2.05, 4.69) is 52.9 Å². The molecule has 2 amide bonds. The topological polar surface area (TPSA) is 49.4 Å². The summed E-state index contributed by atoms with van der Waals surface area (Å²) in [5.41, 5.74) is 3.11. The quantitative estimate of drug-likeness (QED) is 0.807. The minimum atomic E-state index is -0.492. The third-order valence-corrected chi connectivity index (χ3v) is 4.44. The van der Waals surface area contributed by atoms with E-state index in [0.29, 0.717) is 6.41 Å². The van der Waals surface area contributed by atoms with Gasteiger partial charge in [0.2, 0.25) is 12.3 Å². The fourth-order valence-electron chi connectivity index (χ4n) is 2.81. The predicted octanol–water partition coefficient (Wildman–Crippen LogP) is 4.33. The Morgan fingerprint density at radius 2 is 1.44 bits per heavy atom. The molecule has 0 heterocycles. The molecule has 0 aromatic heterocycles. The van der Waals surface area contributed by atoms with Gasteiger partial charge in [0.15, 0.2) is 0 Å². The summed E-state index contributed by atoms with van der Waals surface area (Å²) in [6, 6.07) is 5.79. The lowest BCUT2D eigenvalue weighted by Crippen LogP contribution is -2.44. The van der Waals surface area contributed by atoms with Gasteiger partial charge in [-0.25, -0.2) is 0 Å². The zero-order valence-corrected chi connectivity index (χ0v) is 17.2. The molecular weight excluding hydrogens is 312 g/mol. The van der Waals surface area contributed by atoms with E-state index in [1.165, 1.54) is 16.0 Å². The molecule has 1 aromatic rings. The number of carbonyl (C=O) groups is 2. The van der Waals surface area contributed by atoms with E-state index in [9.17, 15) is 9.59 Å². The Labute approximate surface area is 153 Å². The highest BCUT2D eigenvalue weighted by Crippen LogP contribution is 2.32. The number of anilines is 1. The molecule has 25 heavy (non-hydrogen) atoms. The van der Waals surface area contributed by atoms with Gasteiger partial charge in [-0.2, -0.15) is 0 Å². The van der Waals surface area contributed by atoms with E-state index >= 15 is 0 Å². The molecule has 1 rings (SSSR count). The molecule has 0 aliphatic carbocycles. The van der Waals surface area contributed by atoms with Crippen LogP contribution in [0.1, 0.15) is 66.5 Å². The van der Waals surface area contributed by atoms with Crippen molar-refractivity contribution >= 4 is 18.0 Å². The van der Waals surface area contributed by atoms with Gasteiger partial charge in [-0.15, -0.1) is 0 Å². The molecule has 4 nitrogen and oxygen atoms in total. The van der Waals surface area contributed by atoms with Crippen molar-refractivity contribution in [3.05, 3.63) is 29.3 Å². The molecule has 0 bridgehead atoms. The Morgan fingerprint density at radius 1 is 1.00 bits per heavy atom. The molecule has 0 spiro atoms. The fraction of sp³-hybridized carbons (Fsp3) is 0.619. The highest BCUT2D eigenvalue weighted by atomic mass is 16.2. The molecule has 0 aliphatic heterocycles.